The molecule has 6 heteroatoms. The predicted octanol–water partition coefficient (Wildman–Crippen LogP) is 5.03. The average molecular weight is 424 g/mol. The molecule has 30 heavy (non-hydrogen) atoms. The minimum Gasteiger partial charge on any atom is -0.343 e. The molecule has 1 unspecified atom stereocenters. The van der Waals surface area contributed by atoms with Crippen molar-refractivity contribution < 1.29 is 4.79 Å². The van der Waals surface area contributed by atoms with Crippen LogP contribution in [0.15, 0.2) is 45.5 Å². The molecule has 2 heterocycles. The summed E-state index contributed by atoms with van der Waals surface area (Å²) >= 11 is 1.53. The Morgan fingerprint density at radius 1 is 1.17 bits per heavy atom. The minimum absolute atomic E-state index is 0.115. The highest BCUT2D eigenvalue weighted by Gasteiger charge is 2.42. The number of fused-ring (bicyclic) bond motifs is 1. The molecule has 0 spiro atoms. The van der Waals surface area contributed by atoms with Gasteiger partial charge in [0.1, 0.15) is 5.82 Å². The molecule has 0 fully saturated rings. The minimum atomic E-state index is -0.389. The van der Waals surface area contributed by atoms with Gasteiger partial charge in [0.05, 0.1) is 5.56 Å². The third-order valence-corrected chi connectivity index (χ3v) is 6.66. The fourth-order valence-electron chi connectivity index (χ4n) is 4.45. The number of benzene rings is 1. The summed E-state index contributed by atoms with van der Waals surface area (Å²) in [6, 6.07) is 8.26. The molecule has 1 aliphatic carbocycles. The van der Waals surface area contributed by atoms with Gasteiger partial charge in [-0.25, -0.2) is 4.98 Å². The molecule has 1 aromatic heterocycles. The first-order chi connectivity index (χ1) is 14.2. The number of Topliss-reactive ketones (excluding diaryl/α,β-unsaturated/α-hetero) is 1. The number of thioether (sulfide) groups is 1. The van der Waals surface area contributed by atoms with Crippen LogP contribution in [0.3, 0.4) is 0 Å². The molecule has 0 bridgehead atoms. The molecule has 0 radical (unpaired) electrons. The zero-order valence-electron chi connectivity index (χ0n) is 18.3. The molecule has 2 aliphatic rings. The summed E-state index contributed by atoms with van der Waals surface area (Å²) in [5.74, 6) is 0.305. The maximum atomic E-state index is 13.2. The lowest BCUT2D eigenvalue weighted by atomic mass is 9.69. The summed E-state index contributed by atoms with van der Waals surface area (Å²) in [6.07, 6.45) is 2.19. The Morgan fingerprint density at radius 3 is 2.50 bits per heavy atom. The average Bonchev–Trinajstić information content (AvgIpc) is 2.65. The number of carbonyl (C=O) groups excluding carboxylic acids is 1. The molecular weight excluding hydrogens is 394 g/mol. The number of hydrogen-bond donors (Lipinski definition) is 2. The summed E-state index contributed by atoms with van der Waals surface area (Å²) < 4.78 is 0. The first-order valence-corrected chi connectivity index (χ1v) is 11.5. The van der Waals surface area contributed by atoms with Crippen molar-refractivity contribution in [1.29, 1.82) is 0 Å². The van der Waals surface area contributed by atoms with Crippen molar-refractivity contribution in [2.75, 3.05) is 5.32 Å². The predicted molar refractivity (Wildman–Crippen MR) is 122 cm³/mol. The zero-order valence-corrected chi connectivity index (χ0v) is 19.1. The normalized spacial score (nSPS) is 20.1. The fourth-order valence-corrected chi connectivity index (χ4v) is 5.19. The number of H-pyrrole nitrogens is 1. The van der Waals surface area contributed by atoms with Crippen LogP contribution in [0.5, 0.6) is 0 Å². The van der Waals surface area contributed by atoms with Gasteiger partial charge in [0.2, 0.25) is 0 Å². The van der Waals surface area contributed by atoms with E-state index < -0.39 is 0 Å². The van der Waals surface area contributed by atoms with E-state index in [4.69, 9.17) is 4.98 Å². The van der Waals surface area contributed by atoms with Gasteiger partial charge in [-0.3, -0.25) is 9.59 Å². The Bertz CT molecular complexity index is 1080. The molecule has 5 nitrogen and oxygen atoms in total. The van der Waals surface area contributed by atoms with E-state index in [1.807, 2.05) is 12.1 Å². The van der Waals surface area contributed by atoms with E-state index in [0.717, 1.165) is 29.7 Å². The lowest BCUT2D eigenvalue weighted by Crippen LogP contribution is -2.37. The third-order valence-electron chi connectivity index (χ3n) is 5.77. The van der Waals surface area contributed by atoms with E-state index in [1.54, 1.807) is 0 Å². The summed E-state index contributed by atoms with van der Waals surface area (Å²) in [6.45, 7) is 10.5. The summed E-state index contributed by atoms with van der Waals surface area (Å²) in [4.78, 5) is 34.1. The van der Waals surface area contributed by atoms with Crippen LogP contribution in [0.1, 0.15) is 70.1 Å². The topological polar surface area (TPSA) is 74.8 Å². The second kappa shape index (κ2) is 7.73. The molecule has 158 valence electrons. The van der Waals surface area contributed by atoms with Crippen LogP contribution in [0.4, 0.5) is 5.82 Å². The highest BCUT2D eigenvalue weighted by Crippen LogP contribution is 2.47. The standard InChI is InChI=1S/C24H29N3O2S/c1-6-14-7-9-15(10-8-14)18-19-16(11-24(4,5)12-17(19)28)25-21-20(18)22(29)27-23(26-21)30-13(2)3/h7-10,13,18H,6,11-12H2,1-5H3,(H2,25,26,27,29). The molecule has 0 saturated carbocycles. The number of allylic oxidation sites excluding steroid dienone is 2. The molecule has 0 amide bonds. The fraction of sp³-hybridized carbons (Fsp3) is 0.458. The number of aryl methyl sites for hydroxylation is 1. The van der Waals surface area contributed by atoms with E-state index in [9.17, 15) is 9.59 Å². The van der Waals surface area contributed by atoms with Crippen molar-refractivity contribution in [3.05, 3.63) is 62.6 Å². The molecule has 1 aliphatic heterocycles. The summed E-state index contributed by atoms with van der Waals surface area (Å²) in [5.41, 5.74) is 4.08. The lowest BCUT2D eigenvalue weighted by molar-refractivity contribution is -0.118. The third kappa shape index (κ3) is 3.85. The van der Waals surface area contributed by atoms with Gasteiger partial charge in [-0.1, -0.05) is 70.6 Å². The Balaban J connectivity index is 1.91. The molecule has 0 saturated heterocycles. The van der Waals surface area contributed by atoms with Gasteiger partial charge in [0.25, 0.3) is 5.56 Å². The van der Waals surface area contributed by atoms with Crippen LogP contribution >= 0.6 is 11.8 Å². The van der Waals surface area contributed by atoms with Gasteiger partial charge < -0.3 is 10.3 Å². The lowest BCUT2D eigenvalue weighted by Gasteiger charge is -2.38. The first kappa shape index (κ1) is 20.9. The van der Waals surface area contributed by atoms with Crippen molar-refractivity contribution in [1.82, 2.24) is 9.97 Å². The van der Waals surface area contributed by atoms with Crippen LogP contribution in [0, 0.1) is 5.41 Å². The van der Waals surface area contributed by atoms with E-state index in [2.05, 4.69) is 57.1 Å². The summed E-state index contributed by atoms with van der Waals surface area (Å²) in [7, 11) is 0. The Labute approximate surface area is 181 Å². The summed E-state index contributed by atoms with van der Waals surface area (Å²) in [5, 5.41) is 4.28. The number of nitrogens with one attached hydrogen (secondary N) is 2. The second-order valence-corrected chi connectivity index (χ2v) is 10.9. The molecule has 1 aromatic carbocycles. The van der Waals surface area contributed by atoms with Gasteiger partial charge in [-0.05, 0) is 29.4 Å². The Hall–Kier alpha value is -2.34. The van der Waals surface area contributed by atoms with E-state index in [1.165, 1.54) is 17.3 Å². The highest BCUT2D eigenvalue weighted by molar-refractivity contribution is 7.99. The number of rotatable bonds is 4. The number of ketones is 1. The van der Waals surface area contributed by atoms with E-state index in [0.29, 0.717) is 28.2 Å². The SMILES string of the molecule is CCc1ccc(C2C3=C(CC(C)(C)CC3=O)Nc3nc(SC(C)C)[nH]c(=O)c32)cc1. The molecule has 2 aromatic rings. The number of aromatic nitrogens is 2. The monoisotopic (exact) mass is 423 g/mol. The number of anilines is 1. The van der Waals surface area contributed by atoms with Crippen LogP contribution in [-0.2, 0) is 11.2 Å². The van der Waals surface area contributed by atoms with E-state index >= 15 is 0 Å². The van der Waals surface area contributed by atoms with Gasteiger partial charge in [-0.2, -0.15) is 0 Å². The van der Waals surface area contributed by atoms with Gasteiger partial charge in [-0.15, -0.1) is 0 Å². The largest absolute Gasteiger partial charge is 0.343 e. The van der Waals surface area contributed by atoms with E-state index in [-0.39, 0.29) is 22.7 Å². The van der Waals surface area contributed by atoms with Gasteiger partial charge in [0, 0.05) is 28.9 Å². The zero-order chi connectivity index (χ0) is 21.6. The molecule has 2 N–H and O–H groups in total. The Kier molecular flexibility index (Phi) is 5.39. The van der Waals surface area contributed by atoms with Gasteiger partial charge in [0.15, 0.2) is 10.9 Å². The van der Waals surface area contributed by atoms with Crippen molar-refractivity contribution in [2.45, 2.75) is 70.2 Å². The second-order valence-electron chi connectivity index (χ2n) is 9.29. The molecular formula is C24H29N3O2S. The molecule has 4 rings (SSSR count). The van der Waals surface area contributed by atoms with Crippen molar-refractivity contribution in [3.63, 3.8) is 0 Å². The van der Waals surface area contributed by atoms with Crippen molar-refractivity contribution >= 4 is 23.4 Å². The smallest absolute Gasteiger partial charge is 0.257 e. The Morgan fingerprint density at radius 2 is 1.87 bits per heavy atom. The maximum Gasteiger partial charge on any atom is 0.257 e. The number of nitrogens with zero attached hydrogens (tertiary/aromatic N) is 1. The maximum absolute atomic E-state index is 13.2. The molecule has 1 atom stereocenters. The van der Waals surface area contributed by atoms with Crippen molar-refractivity contribution in [3.8, 4) is 0 Å². The van der Waals surface area contributed by atoms with Crippen LogP contribution in [0.25, 0.3) is 0 Å². The first-order valence-electron chi connectivity index (χ1n) is 10.6. The number of hydrogen-bond acceptors (Lipinski definition) is 5. The quantitative estimate of drug-likeness (QED) is 0.533. The van der Waals surface area contributed by atoms with Crippen LogP contribution < -0.4 is 10.9 Å². The van der Waals surface area contributed by atoms with Crippen LogP contribution in [0.2, 0.25) is 0 Å². The van der Waals surface area contributed by atoms with Crippen molar-refractivity contribution in [2.24, 2.45) is 5.41 Å². The van der Waals surface area contributed by atoms with Gasteiger partial charge >= 0.3 is 0 Å². The highest BCUT2D eigenvalue weighted by atomic mass is 32.2. The number of carbonyl (C=O) groups is 1. The number of aromatic amines is 1. The van der Waals surface area contributed by atoms with Crippen LogP contribution in [-0.4, -0.2) is 21.0 Å².